The number of para-hydroxylation sites is 1. The van der Waals surface area contributed by atoms with Gasteiger partial charge in [0, 0.05) is 12.6 Å². The molecule has 2 aromatic carbocycles. The molecule has 0 saturated heterocycles. The minimum absolute atomic E-state index is 0.0717. The number of carbonyl (C=O) groups excluding carboxylic acids is 1. The van der Waals surface area contributed by atoms with Crippen LogP contribution in [-0.4, -0.2) is 36.2 Å². The van der Waals surface area contributed by atoms with Crippen molar-refractivity contribution in [3.05, 3.63) is 65.7 Å². The smallest absolute Gasteiger partial charge is 0.410 e. The van der Waals surface area contributed by atoms with Crippen LogP contribution in [0.5, 0.6) is 5.75 Å². The maximum atomic E-state index is 12.2. The normalized spacial score (nSPS) is 11.4. The molecule has 2 rings (SSSR count). The molecule has 0 spiro atoms. The molecule has 6 nitrogen and oxygen atoms in total. The third kappa shape index (κ3) is 4.04. The highest BCUT2D eigenvalue weighted by atomic mass is 16.6. The van der Waals surface area contributed by atoms with Crippen LogP contribution >= 0.6 is 0 Å². The largest absolute Gasteiger partial charge is 0.496 e. The maximum absolute atomic E-state index is 12.2. The van der Waals surface area contributed by atoms with Gasteiger partial charge in [-0.05, 0) is 11.6 Å². The molecule has 2 aromatic rings. The summed E-state index contributed by atoms with van der Waals surface area (Å²) in [5.74, 6) is -0.772. The molecule has 0 bridgehead atoms. The molecule has 0 heterocycles. The number of ether oxygens (including phenoxy) is 2. The fourth-order valence-corrected chi connectivity index (χ4v) is 2.33. The fraction of sp³-hybridized carbons (Fsp3) is 0.222. The van der Waals surface area contributed by atoms with E-state index in [4.69, 9.17) is 9.47 Å². The Labute approximate surface area is 140 Å². The molecule has 1 unspecified atom stereocenters. The van der Waals surface area contributed by atoms with Crippen LogP contribution in [0.4, 0.5) is 4.79 Å². The Morgan fingerprint density at radius 3 is 2.33 bits per heavy atom. The van der Waals surface area contributed by atoms with E-state index in [0.717, 1.165) is 10.5 Å². The van der Waals surface area contributed by atoms with Gasteiger partial charge >= 0.3 is 12.1 Å². The minimum atomic E-state index is -1.20. The van der Waals surface area contributed by atoms with E-state index < -0.39 is 18.1 Å². The summed E-state index contributed by atoms with van der Waals surface area (Å²) in [4.78, 5) is 25.0. The number of methoxy groups -OCH3 is 1. The summed E-state index contributed by atoms with van der Waals surface area (Å²) in [5, 5.41) is 9.55. The van der Waals surface area contributed by atoms with E-state index in [-0.39, 0.29) is 6.61 Å². The predicted molar refractivity (Wildman–Crippen MR) is 87.8 cm³/mol. The molecule has 0 fully saturated rings. The van der Waals surface area contributed by atoms with E-state index >= 15 is 0 Å². The summed E-state index contributed by atoms with van der Waals surface area (Å²) in [6.07, 6.45) is -0.725. The van der Waals surface area contributed by atoms with Gasteiger partial charge in [0.2, 0.25) is 0 Å². The van der Waals surface area contributed by atoms with Crippen molar-refractivity contribution in [2.24, 2.45) is 0 Å². The molecule has 24 heavy (non-hydrogen) atoms. The first kappa shape index (κ1) is 17.3. The van der Waals surface area contributed by atoms with E-state index in [1.807, 2.05) is 30.3 Å². The number of rotatable bonds is 6. The number of carbonyl (C=O) groups is 2. The Balaban J connectivity index is 2.15. The van der Waals surface area contributed by atoms with Crippen LogP contribution in [0, 0.1) is 0 Å². The zero-order valence-electron chi connectivity index (χ0n) is 13.5. The van der Waals surface area contributed by atoms with Crippen molar-refractivity contribution in [2.75, 3.05) is 14.2 Å². The van der Waals surface area contributed by atoms with E-state index in [9.17, 15) is 14.7 Å². The van der Waals surface area contributed by atoms with Crippen LogP contribution in [0.15, 0.2) is 54.6 Å². The molecule has 0 aromatic heterocycles. The summed E-state index contributed by atoms with van der Waals surface area (Å²) in [6, 6.07) is 14.6. The highest BCUT2D eigenvalue weighted by Crippen LogP contribution is 2.29. The SMILES string of the molecule is COc1ccccc1C(C(=O)O)N(C)C(=O)OCc1ccccc1. The first-order valence-corrected chi connectivity index (χ1v) is 7.33. The Hall–Kier alpha value is -3.02. The highest BCUT2D eigenvalue weighted by Gasteiger charge is 2.31. The minimum Gasteiger partial charge on any atom is -0.496 e. The van der Waals surface area contributed by atoms with Gasteiger partial charge in [0.05, 0.1) is 7.11 Å². The summed E-state index contributed by atoms with van der Waals surface area (Å²) in [7, 11) is 2.84. The Morgan fingerprint density at radius 2 is 1.71 bits per heavy atom. The van der Waals surface area contributed by atoms with E-state index in [0.29, 0.717) is 11.3 Å². The molecule has 0 aliphatic heterocycles. The lowest BCUT2D eigenvalue weighted by atomic mass is 10.0. The summed E-state index contributed by atoms with van der Waals surface area (Å²) >= 11 is 0. The highest BCUT2D eigenvalue weighted by molar-refractivity contribution is 5.82. The van der Waals surface area contributed by atoms with Gasteiger partial charge in [-0.25, -0.2) is 9.59 Å². The quantitative estimate of drug-likeness (QED) is 0.881. The van der Waals surface area contributed by atoms with Crippen LogP contribution in [0.1, 0.15) is 17.2 Å². The number of carboxylic acid groups (broad SMARTS) is 1. The zero-order valence-corrected chi connectivity index (χ0v) is 13.5. The van der Waals surface area contributed by atoms with Crippen LogP contribution in [0.3, 0.4) is 0 Å². The number of carboxylic acids is 1. The Kier molecular flexibility index (Phi) is 5.78. The molecule has 0 radical (unpaired) electrons. The molecule has 6 heteroatoms. The van der Waals surface area contributed by atoms with Crippen molar-refractivity contribution in [3.8, 4) is 5.75 Å². The molecule has 0 aliphatic carbocycles. The third-order valence-electron chi connectivity index (χ3n) is 3.55. The van der Waals surface area contributed by atoms with Gasteiger partial charge < -0.3 is 14.6 Å². The van der Waals surface area contributed by atoms with Crippen LogP contribution < -0.4 is 4.74 Å². The summed E-state index contributed by atoms with van der Waals surface area (Å²) in [5.41, 5.74) is 1.20. The van der Waals surface area contributed by atoms with E-state index in [1.165, 1.54) is 14.2 Å². The van der Waals surface area contributed by atoms with Crippen LogP contribution in [-0.2, 0) is 16.1 Å². The van der Waals surface area contributed by atoms with E-state index in [2.05, 4.69) is 0 Å². The molecule has 0 aliphatic rings. The first-order chi connectivity index (χ1) is 11.5. The average Bonchev–Trinajstić information content (AvgIpc) is 2.60. The molecular weight excluding hydrogens is 310 g/mol. The van der Waals surface area contributed by atoms with Gasteiger partial charge in [0.25, 0.3) is 0 Å². The lowest BCUT2D eigenvalue weighted by Gasteiger charge is -2.25. The monoisotopic (exact) mass is 329 g/mol. The second-order valence-electron chi connectivity index (χ2n) is 5.13. The predicted octanol–water partition coefficient (Wildman–Crippen LogP) is 3.09. The topological polar surface area (TPSA) is 76.1 Å². The number of nitrogens with zero attached hydrogens (tertiary/aromatic N) is 1. The van der Waals surface area contributed by atoms with Gasteiger partial charge in [-0.15, -0.1) is 0 Å². The first-order valence-electron chi connectivity index (χ1n) is 7.33. The van der Waals surface area contributed by atoms with Gasteiger partial charge in [0.1, 0.15) is 12.4 Å². The maximum Gasteiger partial charge on any atom is 0.410 e. The fourth-order valence-electron chi connectivity index (χ4n) is 2.33. The molecule has 1 amide bonds. The molecule has 1 atom stereocenters. The van der Waals surface area contributed by atoms with Crippen molar-refractivity contribution in [2.45, 2.75) is 12.6 Å². The second-order valence-corrected chi connectivity index (χ2v) is 5.13. The summed E-state index contributed by atoms with van der Waals surface area (Å²) < 4.78 is 10.4. The molecule has 126 valence electrons. The Bertz CT molecular complexity index is 702. The Morgan fingerprint density at radius 1 is 1.08 bits per heavy atom. The van der Waals surface area contributed by atoms with Crippen molar-refractivity contribution >= 4 is 12.1 Å². The summed E-state index contributed by atoms with van der Waals surface area (Å²) in [6.45, 7) is 0.0717. The number of benzene rings is 2. The number of amides is 1. The number of hydrogen-bond acceptors (Lipinski definition) is 4. The third-order valence-corrected chi connectivity index (χ3v) is 3.55. The van der Waals surface area contributed by atoms with Crippen molar-refractivity contribution in [1.82, 2.24) is 4.90 Å². The average molecular weight is 329 g/mol. The van der Waals surface area contributed by atoms with Crippen molar-refractivity contribution in [3.63, 3.8) is 0 Å². The zero-order chi connectivity index (χ0) is 17.5. The van der Waals surface area contributed by atoms with Crippen LogP contribution in [0.25, 0.3) is 0 Å². The van der Waals surface area contributed by atoms with Gasteiger partial charge in [0.15, 0.2) is 6.04 Å². The molecular formula is C18H19NO5. The lowest BCUT2D eigenvalue weighted by molar-refractivity contribution is -0.142. The number of aliphatic carboxylic acids is 1. The standard InChI is InChI=1S/C18H19NO5/c1-19(18(22)24-12-13-8-4-3-5-9-13)16(17(20)21)14-10-6-7-11-15(14)23-2/h3-11,16H,12H2,1-2H3,(H,20,21). The van der Waals surface area contributed by atoms with Crippen LogP contribution in [0.2, 0.25) is 0 Å². The van der Waals surface area contributed by atoms with Crippen molar-refractivity contribution in [1.29, 1.82) is 0 Å². The van der Waals surface area contributed by atoms with Crippen molar-refractivity contribution < 1.29 is 24.2 Å². The lowest BCUT2D eigenvalue weighted by Crippen LogP contribution is -2.36. The van der Waals surface area contributed by atoms with E-state index in [1.54, 1.807) is 24.3 Å². The van der Waals surface area contributed by atoms with Gasteiger partial charge in [-0.1, -0.05) is 48.5 Å². The van der Waals surface area contributed by atoms with Gasteiger partial charge in [-0.2, -0.15) is 0 Å². The second kappa shape index (κ2) is 8.01. The van der Waals surface area contributed by atoms with Gasteiger partial charge in [-0.3, -0.25) is 4.90 Å². The molecule has 0 saturated carbocycles. The number of hydrogen-bond donors (Lipinski definition) is 1. The number of likely N-dealkylation sites (N-methyl/N-ethyl adjacent to an activating group) is 1. The molecule has 1 N–H and O–H groups in total.